The van der Waals surface area contributed by atoms with Crippen molar-refractivity contribution in [3.63, 3.8) is 0 Å². The summed E-state index contributed by atoms with van der Waals surface area (Å²) >= 11 is 0. The molecule has 1 saturated heterocycles. The molecule has 106 valence electrons. The van der Waals surface area contributed by atoms with Crippen molar-refractivity contribution in [3.8, 4) is 5.75 Å². The van der Waals surface area contributed by atoms with Crippen molar-refractivity contribution in [1.82, 2.24) is 4.31 Å². The van der Waals surface area contributed by atoms with E-state index in [-0.39, 0.29) is 11.4 Å². The van der Waals surface area contributed by atoms with Gasteiger partial charge in [0.1, 0.15) is 5.75 Å². The Hall–Kier alpha value is -1.11. The molecule has 5 nitrogen and oxygen atoms in total. The Bertz CT molecular complexity index is 536. The molecule has 1 atom stereocenters. The summed E-state index contributed by atoms with van der Waals surface area (Å²) in [6.07, 6.45) is 0.462. The maximum Gasteiger partial charge on any atom is 0.243 e. The van der Waals surface area contributed by atoms with Crippen molar-refractivity contribution in [2.45, 2.75) is 30.8 Å². The third-order valence-electron chi connectivity index (χ3n) is 3.19. The Morgan fingerprint density at radius 1 is 1.37 bits per heavy atom. The zero-order chi connectivity index (χ0) is 14.1. The first-order valence-electron chi connectivity index (χ1n) is 6.30. The number of rotatable bonds is 4. The predicted octanol–water partition coefficient (Wildman–Crippen LogP) is 1.23. The topological polar surface area (TPSA) is 66.8 Å². The lowest BCUT2D eigenvalue weighted by Crippen LogP contribution is -2.33. The molecule has 0 saturated carbocycles. The van der Waals surface area contributed by atoms with E-state index in [0.717, 1.165) is 0 Å². The molecule has 6 heteroatoms. The van der Waals surface area contributed by atoms with Crippen molar-refractivity contribution >= 4 is 10.0 Å². The van der Waals surface area contributed by atoms with Crippen LogP contribution in [0.3, 0.4) is 0 Å². The zero-order valence-electron chi connectivity index (χ0n) is 11.2. The Balaban J connectivity index is 2.20. The van der Waals surface area contributed by atoms with Gasteiger partial charge in [0.15, 0.2) is 0 Å². The molecular formula is C13H19NO4S. The first-order chi connectivity index (χ1) is 8.85. The first kappa shape index (κ1) is 14.3. The number of benzene rings is 1. The lowest BCUT2D eigenvalue weighted by atomic mass is 10.1. The third kappa shape index (κ3) is 3.08. The lowest BCUT2D eigenvalue weighted by Gasteiger charge is -2.19. The van der Waals surface area contributed by atoms with Crippen LogP contribution in [0.1, 0.15) is 20.3 Å². The summed E-state index contributed by atoms with van der Waals surface area (Å²) in [5.74, 6) is 0.648. The number of ether oxygens (including phenoxy) is 1. The summed E-state index contributed by atoms with van der Waals surface area (Å²) in [7, 11) is -3.52. The van der Waals surface area contributed by atoms with E-state index in [9.17, 15) is 13.5 Å². The van der Waals surface area contributed by atoms with Gasteiger partial charge in [-0.15, -0.1) is 0 Å². The van der Waals surface area contributed by atoms with Crippen LogP contribution in [0.2, 0.25) is 0 Å². The summed E-state index contributed by atoms with van der Waals surface area (Å²) < 4.78 is 31.3. The molecule has 1 N–H and O–H groups in total. The molecule has 19 heavy (non-hydrogen) atoms. The molecule has 0 aromatic heterocycles. The number of hydrogen-bond donors (Lipinski definition) is 1. The molecule has 1 unspecified atom stereocenters. The van der Waals surface area contributed by atoms with Gasteiger partial charge in [-0.05, 0) is 44.5 Å². The SMILES string of the molecule is CCOc1ccc(S(=O)(=O)N2CCC(C)(O)C2)cc1. The second-order valence-corrected chi connectivity index (χ2v) is 6.93. The molecule has 1 aliphatic rings. The summed E-state index contributed by atoms with van der Waals surface area (Å²) in [6.45, 7) is 4.56. The summed E-state index contributed by atoms with van der Waals surface area (Å²) in [5.41, 5.74) is -0.932. The number of β-amino-alcohol motifs (C(OH)–C–C–N with tert-alkyl or cyclic N) is 1. The fraction of sp³-hybridized carbons (Fsp3) is 0.538. The molecule has 0 bridgehead atoms. The highest BCUT2D eigenvalue weighted by atomic mass is 32.2. The van der Waals surface area contributed by atoms with Gasteiger partial charge in [-0.2, -0.15) is 4.31 Å². The van der Waals surface area contributed by atoms with Crippen molar-refractivity contribution in [3.05, 3.63) is 24.3 Å². The van der Waals surface area contributed by atoms with Crippen molar-refractivity contribution in [2.75, 3.05) is 19.7 Å². The highest BCUT2D eigenvalue weighted by molar-refractivity contribution is 7.89. The summed E-state index contributed by atoms with van der Waals surface area (Å²) in [6, 6.07) is 6.36. The average molecular weight is 285 g/mol. The summed E-state index contributed by atoms with van der Waals surface area (Å²) in [4.78, 5) is 0.230. The Kier molecular flexibility index (Phi) is 3.85. The second kappa shape index (κ2) is 5.11. The van der Waals surface area contributed by atoms with Crippen LogP contribution >= 0.6 is 0 Å². The van der Waals surface area contributed by atoms with Crippen LogP contribution in [0.5, 0.6) is 5.75 Å². The lowest BCUT2D eigenvalue weighted by molar-refractivity contribution is 0.0762. The molecule has 2 rings (SSSR count). The largest absolute Gasteiger partial charge is 0.494 e. The van der Waals surface area contributed by atoms with Crippen LogP contribution < -0.4 is 4.74 Å². The van der Waals surface area contributed by atoms with Crippen LogP contribution in [0, 0.1) is 0 Å². The Morgan fingerprint density at radius 3 is 2.47 bits per heavy atom. The van der Waals surface area contributed by atoms with E-state index in [1.165, 1.54) is 16.4 Å². The van der Waals surface area contributed by atoms with Gasteiger partial charge >= 0.3 is 0 Å². The van der Waals surface area contributed by atoms with Crippen molar-refractivity contribution < 1.29 is 18.3 Å². The molecule has 0 aliphatic carbocycles. The van der Waals surface area contributed by atoms with E-state index < -0.39 is 15.6 Å². The molecule has 1 aliphatic heterocycles. The number of hydrogen-bond acceptors (Lipinski definition) is 4. The maximum absolute atomic E-state index is 12.4. The second-order valence-electron chi connectivity index (χ2n) is 4.99. The summed E-state index contributed by atoms with van der Waals surface area (Å²) in [5, 5.41) is 9.86. The van der Waals surface area contributed by atoms with Gasteiger partial charge in [-0.3, -0.25) is 0 Å². The molecular weight excluding hydrogens is 266 g/mol. The number of aliphatic hydroxyl groups is 1. The van der Waals surface area contributed by atoms with Gasteiger partial charge in [-0.1, -0.05) is 0 Å². The standard InChI is InChI=1S/C13H19NO4S/c1-3-18-11-4-6-12(7-5-11)19(16,17)14-9-8-13(2,15)10-14/h4-7,15H,3,8-10H2,1-2H3. The van der Waals surface area contributed by atoms with Gasteiger partial charge in [0.05, 0.1) is 17.1 Å². The van der Waals surface area contributed by atoms with Crippen LogP contribution in [-0.2, 0) is 10.0 Å². The average Bonchev–Trinajstić information content (AvgIpc) is 2.71. The van der Waals surface area contributed by atoms with Crippen molar-refractivity contribution in [1.29, 1.82) is 0 Å². The van der Waals surface area contributed by atoms with E-state index >= 15 is 0 Å². The quantitative estimate of drug-likeness (QED) is 0.903. The molecule has 0 radical (unpaired) electrons. The van der Waals surface area contributed by atoms with E-state index in [4.69, 9.17) is 4.74 Å². The molecule has 0 amide bonds. The minimum atomic E-state index is -3.52. The van der Waals surface area contributed by atoms with Gasteiger partial charge in [0, 0.05) is 13.1 Å². The highest BCUT2D eigenvalue weighted by Gasteiger charge is 2.38. The van der Waals surface area contributed by atoms with E-state index in [1.54, 1.807) is 19.1 Å². The monoisotopic (exact) mass is 285 g/mol. The smallest absolute Gasteiger partial charge is 0.243 e. The highest BCUT2D eigenvalue weighted by Crippen LogP contribution is 2.27. The van der Waals surface area contributed by atoms with Gasteiger partial charge in [0.2, 0.25) is 10.0 Å². The molecule has 1 fully saturated rings. The van der Waals surface area contributed by atoms with Gasteiger partial charge < -0.3 is 9.84 Å². The molecule has 0 spiro atoms. The minimum absolute atomic E-state index is 0.141. The Labute approximate surface area is 113 Å². The molecule has 1 aromatic carbocycles. The van der Waals surface area contributed by atoms with Crippen LogP contribution in [0.4, 0.5) is 0 Å². The van der Waals surface area contributed by atoms with Gasteiger partial charge in [0.25, 0.3) is 0 Å². The van der Waals surface area contributed by atoms with Gasteiger partial charge in [-0.25, -0.2) is 8.42 Å². The van der Waals surface area contributed by atoms with E-state index in [2.05, 4.69) is 0 Å². The maximum atomic E-state index is 12.4. The normalized spacial score (nSPS) is 24.6. The predicted molar refractivity (Wildman–Crippen MR) is 71.6 cm³/mol. The zero-order valence-corrected chi connectivity index (χ0v) is 12.0. The number of sulfonamides is 1. The van der Waals surface area contributed by atoms with E-state index in [1.807, 2.05) is 6.92 Å². The first-order valence-corrected chi connectivity index (χ1v) is 7.74. The molecule has 1 heterocycles. The van der Waals surface area contributed by atoms with E-state index in [0.29, 0.717) is 25.3 Å². The number of nitrogens with zero attached hydrogens (tertiary/aromatic N) is 1. The molecule has 1 aromatic rings. The Morgan fingerprint density at radius 2 is 2.00 bits per heavy atom. The third-order valence-corrected chi connectivity index (χ3v) is 5.05. The van der Waals surface area contributed by atoms with Crippen molar-refractivity contribution in [2.24, 2.45) is 0 Å². The van der Waals surface area contributed by atoms with Crippen LogP contribution in [0.15, 0.2) is 29.2 Å². The minimum Gasteiger partial charge on any atom is -0.494 e. The van der Waals surface area contributed by atoms with Crippen LogP contribution in [-0.4, -0.2) is 43.1 Å². The van der Waals surface area contributed by atoms with Crippen LogP contribution in [0.25, 0.3) is 0 Å². The fourth-order valence-corrected chi connectivity index (χ4v) is 3.69. The fourth-order valence-electron chi connectivity index (χ4n) is 2.13.